The van der Waals surface area contributed by atoms with Crippen molar-refractivity contribution in [3.05, 3.63) is 29.3 Å². The molecule has 6 heteroatoms. The molecular weight excluding hydrogens is 213 g/mol. The van der Waals surface area contributed by atoms with Gasteiger partial charge in [-0.25, -0.2) is 9.59 Å². The monoisotopic (exact) mass is 221 g/mol. The van der Waals surface area contributed by atoms with E-state index in [-0.39, 0.29) is 69.6 Å². The Labute approximate surface area is 124 Å². The standard InChI is InChI=1S/C8H7NO4.K.H/c9-6-3-4(7(10)11)1-2-5(6)8(12)13;;/h1-3H,9H2,(H,10,11)(H,12,13);;/q;+1;-1. The first-order valence-electron chi connectivity index (χ1n) is 3.38. The minimum atomic E-state index is -1.17. The molecule has 1 aromatic rings. The van der Waals surface area contributed by atoms with Crippen LogP contribution in [0.25, 0.3) is 0 Å². The number of hydrogen-bond donors (Lipinski definition) is 3. The van der Waals surface area contributed by atoms with E-state index in [0.29, 0.717) is 0 Å². The molecule has 5 nitrogen and oxygen atoms in total. The molecule has 0 fully saturated rings. The summed E-state index contributed by atoms with van der Waals surface area (Å²) < 4.78 is 0. The van der Waals surface area contributed by atoms with Crippen molar-refractivity contribution in [3.8, 4) is 0 Å². The van der Waals surface area contributed by atoms with E-state index in [1.54, 1.807) is 0 Å². The Morgan fingerprint density at radius 1 is 1.21 bits per heavy atom. The van der Waals surface area contributed by atoms with Gasteiger partial charge in [0.25, 0.3) is 0 Å². The maximum Gasteiger partial charge on any atom is 1.00 e. The summed E-state index contributed by atoms with van der Waals surface area (Å²) in [5, 5.41) is 17.1. The zero-order chi connectivity index (χ0) is 10.0. The quantitative estimate of drug-likeness (QED) is 0.388. The van der Waals surface area contributed by atoms with Crippen molar-refractivity contribution in [2.24, 2.45) is 0 Å². The predicted molar refractivity (Wildman–Crippen MR) is 45.9 cm³/mol. The fraction of sp³-hybridized carbons (Fsp3) is 0. The molecule has 0 heterocycles. The number of anilines is 1. The summed E-state index contributed by atoms with van der Waals surface area (Å²) in [6.07, 6.45) is 0. The van der Waals surface area contributed by atoms with Crippen molar-refractivity contribution in [1.82, 2.24) is 0 Å². The van der Waals surface area contributed by atoms with Gasteiger partial charge in [0.05, 0.1) is 11.1 Å². The first-order valence-corrected chi connectivity index (χ1v) is 3.38. The molecule has 0 bridgehead atoms. The molecule has 4 N–H and O–H groups in total. The van der Waals surface area contributed by atoms with Gasteiger partial charge in [-0.15, -0.1) is 0 Å². The normalized spacial score (nSPS) is 8.86. The second-order valence-electron chi connectivity index (χ2n) is 2.41. The van der Waals surface area contributed by atoms with Crippen molar-refractivity contribution in [2.75, 3.05) is 5.73 Å². The number of hydrogen-bond acceptors (Lipinski definition) is 3. The van der Waals surface area contributed by atoms with Crippen LogP contribution in [0.15, 0.2) is 18.2 Å². The molecule has 0 atom stereocenters. The van der Waals surface area contributed by atoms with Crippen LogP contribution in [0.2, 0.25) is 0 Å². The Hall–Kier alpha value is -0.404. The fourth-order valence-electron chi connectivity index (χ4n) is 0.891. The van der Waals surface area contributed by atoms with Crippen molar-refractivity contribution >= 4 is 17.6 Å². The minimum absolute atomic E-state index is 0. The molecular formula is C8H8KNO4. The van der Waals surface area contributed by atoms with E-state index >= 15 is 0 Å². The Kier molecular flexibility index (Phi) is 5.31. The van der Waals surface area contributed by atoms with Crippen LogP contribution >= 0.6 is 0 Å². The van der Waals surface area contributed by atoms with Crippen LogP contribution in [0.5, 0.6) is 0 Å². The summed E-state index contributed by atoms with van der Waals surface area (Å²) in [7, 11) is 0. The number of rotatable bonds is 2. The van der Waals surface area contributed by atoms with E-state index in [2.05, 4.69) is 0 Å². The first-order chi connectivity index (χ1) is 6.02. The average molecular weight is 221 g/mol. The largest absolute Gasteiger partial charge is 1.00 e. The molecule has 0 aliphatic rings. The topological polar surface area (TPSA) is 101 Å². The molecule has 0 aromatic heterocycles. The molecule has 0 amide bonds. The molecule has 0 aliphatic heterocycles. The van der Waals surface area contributed by atoms with Gasteiger partial charge in [0.2, 0.25) is 0 Å². The summed E-state index contributed by atoms with van der Waals surface area (Å²) in [5.41, 5.74) is 5.15. The Morgan fingerprint density at radius 2 is 1.79 bits per heavy atom. The number of aromatic carboxylic acids is 2. The van der Waals surface area contributed by atoms with Gasteiger partial charge < -0.3 is 17.4 Å². The summed E-state index contributed by atoms with van der Waals surface area (Å²) >= 11 is 0. The molecule has 1 aromatic carbocycles. The van der Waals surface area contributed by atoms with Crippen LogP contribution in [0.3, 0.4) is 0 Å². The number of benzene rings is 1. The van der Waals surface area contributed by atoms with Gasteiger partial charge in [-0.05, 0) is 18.2 Å². The van der Waals surface area contributed by atoms with Crippen LogP contribution in [0.4, 0.5) is 5.69 Å². The Bertz CT molecular complexity index is 383. The smallest absolute Gasteiger partial charge is 1.00 e. The number of nitrogens with two attached hydrogens (primary N) is 1. The van der Waals surface area contributed by atoms with Crippen LogP contribution in [0.1, 0.15) is 22.1 Å². The summed E-state index contributed by atoms with van der Waals surface area (Å²) in [4.78, 5) is 20.9. The minimum Gasteiger partial charge on any atom is -1.00 e. The van der Waals surface area contributed by atoms with E-state index < -0.39 is 11.9 Å². The molecule has 1 rings (SSSR count). The van der Waals surface area contributed by atoms with E-state index in [0.717, 1.165) is 6.07 Å². The van der Waals surface area contributed by atoms with Crippen molar-refractivity contribution in [2.45, 2.75) is 0 Å². The number of carboxylic acid groups (broad SMARTS) is 2. The van der Waals surface area contributed by atoms with Gasteiger partial charge in [-0.3, -0.25) is 0 Å². The molecule has 0 aliphatic carbocycles. The van der Waals surface area contributed by atoms with Crippen molar-refractivity contribution in [3.63, 3.8) is 0 Å². The maximum atomic E-state index is 10.5. The number of nitrogen functional groups attached to an aromatic ring is 1. The summed E-state index contributed by atoms with van der Waals surface area (Å²) in [5.74, 6) is -2.31. The van der Waals surface area contributed by atoms with Gasteiger partial charge in [-0.1, -0.05) is 0 Å². The molecule has 0 saturated heterocycles. The zero-order valence-corrected chi connectivity index (χ0v) is 10.6. The first kappa shape index (κ1) is 13.6. The van der Waals surface area contributed by atoms with Gasteiger partial charge in [0.1, 0.15) is 0 Å². The number of carboxylic acids is 2. The van der Waals surface area contributed by atoms with Crippen LogP contribution in [-0.4, -0.2) is 22.2 Å². The van der Waals surface area contributed by atoms with Gasteiger partial charge >= 0.3 is 63.3 Å². The second-order valence-corrected chi connectivity index (χ2v) is 2.41. The van der Waals surface area contributed by atoms with Gasteiger partial charge in [0.15, 0.2) is 0 Å². The zero-order valence-electron chi connectivity index (χ0n) is 8.52. The molecule has 14 heavy (non-hydrogen) atoms. The average Bonchev–Trinajstić information content (AvgIpc) is 2.03. The van der Waals surface area contributed by atoms with E-state index in [9.17, 15) is 9.59 Å². The van der Waals surface area contributed by atoms with E-state index in [1.165, 1.54) is 12.1 Å². The number of carbonyl (C=O) groups is 2. The Morgan fingerprint density at radius 3 is 2.14 bits per heavy atom. The summed E-state index contributed by atoms with van der Waals surface area (Å²) in [6, 6.07) is 3.48. The van der Waals surface area contributed by atoms with Gasteiger partial charge in [0, 0.05) is 5.69 Å². The van der Waals surface area contributed by atoms with Crippen molar-refractivity contribution < 1.29 is 72.6 Å². The summed E-state index contributed by atoms with van der Waals surface area (Å²) in [6.45, 7) is 0. The molecule has 0 unspecified atom stereocenters. The van der Waals surface area contributed by atoms with Crippen LogP contribution in [-0.2, 0) is 0 Å². The van der Waals surface area contributed by atoms with Crippen LogP contribution in [0, 0.1) is 0 Å². The third-order valence-electron chi connectivity index (χ3n) is 1.53. The van der Waals surface area contributed by atoms with E-state index in [4.69, 9.17) is 15.9 Å². The molecule has 0 spiro atoms. The third-order valence-corrected chi connectivity index (χ3v) is 1.53. The van der Waals surface area contributed by atoms with Crippen molar-refractivity contribution in [1.29, 1.82) is 0 Å². The molecule has 0 saturated carbocycles. The van der Waals surface area contributed by atoms with Crippen LogP contribution < -0.4 is 57.1 Å². The molecule has 70 valence electrons. The van der Waals surface area contributed by atoms with E-state index in [1.807, 2.05) is 0 Å². The predicted octanol–water partition coefficient (Wildman–Crippen LogP) is -2.22. The second kappa shape index (κ2) is 5.47. The third kappa shape index (κ3) is 3.07. The SMILES string of the molecule is Nc1cc(C(=O)O)ccc1C(=O)O.[H-].[K+]. The van der Waals surface area contributed by atoms with Gasteiger partial charge in [-0.2, -0.15) is 0 Å². The fourth-order valence-corrected chi connectivity index (χ4v) is 0.891. The maximum absolute atomic E-state index is 10.5. The molecule has 0 radical (unpaired) electrons. The Balaban J connectivity index is 0.